The third-order valence-corrected chi connectivity index (χ3v) is 2.41. The Labute approximate surface area is 111 Å². The highest BCUT2D eigenvalue weighted by Gasteiger charge is 2.18. The van der Waals surface area contributed by atoms with Crippen LogP contribution in [-0.2, 0) is 14.3 Å². The van der Waals surface area contributed by atoms with E-state index in [1.165, 1.54) is 0 Å². The lowest BCUT2D eigenvalue weighted by atomic mass is 10.1. The summed E-state index contributed by atoms with van der Waals surface area (Å²) in [5.74, 6) is -0.0120. The maximum Gasteiger partial charge on any atom is 0.234 e. The summed E-state index contributed by atoms with van der Waals surface area (Å²) in [5.41, 5.74) is -0.220. The zero-order valence-corrected chi connectivity index (χ0v) is 12.3. The van der Waals surface area contributed by atoms with E-state index >= 15 is 0 Å². The molecule has 2 N–H and O–H groups in total. The van der Waals surface area contributed by atoms with Crippen LogP contribution >= 0.6 is 0 Å². The van der Waals surface area contributed by atoms with E-state index in [9.17, 15) is 4.79 Å². The van der Waals surface area contributed by atoms with Crippen LogP contribution in [0, 0.1) is 0 Å². The van der Waals surface area contributed by atoms with Gasteiger partial charge in [-0.25, -0.2) is 0 Å². The number of rotatable bonds is 10. The summed E-state index contributed by atoms with van der Waals surface area (Å²) in [6.45, 7) is 10.2. The Bertz CT molecular complexity index is 230. The summed E-state index contributed by atoms with van der Waals surface area (Å²) in [6.07, 6.45) is 1.09. The lowest BCUT2D eigenvalue weighted by molar-refractivity contribution is -0.120. The van der Waals surface area contributed by atoms with Gasteiger partial charge in [0, 0.05) is 13.2 Å². The normalized spacial score (nSPS) is 11.9. The Morgan fingerprint density at radius 2 is 1.94 bits per heavy atom. The van der Waals surface area contributed by atoms with Gasteiger partial charge in [0.05, 0.1) is 24.9 Å². The quantitative estimate of drug-likeness (QED) is 0.574. The van der Waals surface area contributed by atoms with Crippen molar-refractivity contribution in [2.24, 2.45) is 0 Å². The summed E-state index contributed by atoms with van der Waals surface area (Å²) in [6, 6.07) is 0. The van der Waals surface area contributed by atoms with E-state index in [1.807, 2.05) is 27.7 Å². The van der Waals surface area contributed by atoms with E-state index in [2.05, 4.69) is 10.6 Å². The zero-order valence-electron chi connectivity index (χ0n) is 12.3. The lowest BCUT2D eigenvalue weighted by Crippen LogP contribution is -2.36. The van der Waals surface area contributed by atoms with E-state index in [-0.39, 0.29) is 17.6 Å². The van der Waals surface area contributed by atoms with E-state index in [1.54, 1.807) is 7.05 Å². The molecule has 0 rings (SSSR count). The fourth-order valence-corrected chi connectivity index (χ4v) is 1.35. The molecule has 0 radical (unpaired) electrons. The molecule has 0 unspecified atom stereocenters. The van der Waals surface area contributed by atoms with Crippen molar-refractivity contribution in [2.75, 3.05) is 33.4 Å². The van der Waals surface area contributed by atoms with Crippen molar-refractivity contribution in [3.8, 4) is 0 Å². The lowest BCUT2D eigenvalue weighted by Gasteiger charge is -2.25. The number of nitrogens with one attached hydrogen (secondary N) is 2. The molecule has 0 aromatic carbocycles. The molecule has 0 heterocycles. The Kier molecular flexibility index (Phi) is 8.97. The monoisotopic (exact) mass is 260 g/mol. The van der Waals surface area contributed by atoms with Crippen molar-refractivity contribution >= 4 is 5.91 Å². The van der Waals surface area contributed by atoms with Gasteiger partial charge in [0.2, 0.25) is 5.91 Å². The minimum Gasteiger partial charge on any atom is -0.379 e. The van der Waals surface area contributed by atoms with Gasteiger partial charge in [-0.3, -0.25) is 4.79 Å². The van der Waals surface area contributed by atoms with Gasteiger partial charge in [0.1, 0.15) is 0 Å². The van der Waals surface area contributed by atoms with Crippen molar-refractivity contribution in [3.63, 3.8) is 0 Å². The maximum absolute atomic E-state index is 11.2. The van der Waals surface area contributed by atoms with E-state index in [0.29, 0.717) is 26.3 Å². The number of carbonyl (C=O) groups excluding carboxylic acids is 1. The van der Waals surface area contributed by atoms with Crippen molar-refractivity contribution in [1.82, 2.24) is 10.6 Å². The average Bonchev–Trinajstić information content (AvgIpc) is 2.24. The van der Waals surface area contributed by atoms with Crippen LogP contribution in [0.5, 0.6) is 0 Å². The second-order valence-corrected chi connectivity index (χ2v) is 5.16. The first kappa shape index (κ1) is 17.4. The molecule has 0 aliphatic carbocycles. The molecule has 0 aliphatic rings. The van der Waals surface area contributed by atoms with Gasteiger partial charge >= 0.3 is 0 Å². The summed E-state index contributed by atoms with van der Waals surface area (Å²) in [7, 11) is 1.74. The minimum atomic E-state index is -0.220. The SMILES string of the molecule is CNCC(=O)NCCOC(C)(C)CCOC(C)C. The highest BCUT2D eigenvalue weighted by atomic mass is 16.5. The van der Waals surface area contributed by atoms with Gasteiger partial charge in [-0.05, 0) is 41.2 Å². The predicted octanol–water partition coefficient (Wildman–Crippen LogP) is 0.932. The second kappa shape index (κ2) is 9.30. The predicted molar refractivity (Wildman–Crippen MR) is 72.7 cm³/mol. The van der Waals surface area contributed by atoms with Crippen LogP contribution in [-0.4, -0.2) is 51.0 Å². The molecule has 0 aliphatic heterocycles. The van der Waals surface area contributed by atoms with Gasteiger partial charge < -0.3 is 20.1 Å². The van der Waals surface area contributed by atoms with E-state index < -0.39 is 0 Å². The largest absolute Gasteiger partial charge is 0.379 e. The molecule has 0 spiro atoms. The maximum atomic E-state index is 11.2. The van der Waals surface area contributed by atoms with Crippen molar-refractivity contribution in [2.45, 2.75) is 45.8 Å². The fraction of sp³-hybridized carbons (Fsp3) is 0.923. The third-order valence-electron chi connectivity index (χ3n) is 2.41. The van der Waals surface area contributed by atoms with Gasteiger partial charge in [-0.15, -0.1) is 0 Å². The summed E-state index contributed by atoms with van der Waals surface area (Å²) in [5, 5.41) is 5.57. The molecule has 0 aromatic rings. The first-order valence-corrected chi connectivity index (χ1v) is 6.54. The Hall–Kier alpha value is -0.650. The molecule has 18 heavy (non-hydrogen) atoms. The molecule has 1 amide bonds. The Balaban J connectivity index is 3.60. The number of hydrogen-bond donors (Lipinski definition) is 2. The fourth-order valence-electron chi connectivity index (χ4n) is 1.35. The number of carbonyl (C=O) groups is 1. The van der Waals surface area contributed by atoms with E-state index in [0.717, 1.165) is 6.42 Å². The summed E-state index contributed by atoms with van der Waals surface area (Å²) >= 11 is 0. The smallest absolute Gasteiger partial charge is 0.234 e. The topological polar surface area (TPSA) is 59.6 Å². The number of hydrogen-bond acceptors (Lipinski definition) is 4. The molecule has 0 bridgehead atoms. The Morgan fingerprint density at radius 3 is 2.50 bits per heavy atom. The number of likely N-dealkylation sites (N-methyl/N-ethyl adjacent to an activating group) is 1. The molecule has 5 heteroatoms. The van der Waals surface area contributed by atoms with E-state index in [4.69, 9.17) is 9.47 Å². The van der Waals surface area contributed by atoms with Crippen LogP contribution < -0.4 is 10.6 Å². The average molecular weight is 260 g/mol. The highest BCUT2D eigenvalue weighted by molar-refractivity contribution is 5.77. The van der Waals surface area contributed by atoms with Crippen LogP contribution in [0.25, 0.3) is 0 Å². The highest BCUT2D eigenvalue weighted by Crippen LogP contribution is 2.14. The Morgan fingerprint density at radius 1 is 1.28 bits per heavy atom. The van der Waals surface area contributed by atoms with Crippen LogP contribution in [0.4, 0.5) is 0 Å². The molecule has 0 saturated carbocycles. The van der Waals surface area contributed by atoms with Crippen LogP contribution in [0.1, 0.15) is 34.1 Å². The first-order valence-electron chi connectivity index (χ1n) is 6.54. The molecule has 0 aromatic heterocycles. The van der Waals surface area contributed by atoms with Crippen molar-refractivity contribution < 1.29 is 14.3 Å². The number of ether oxygens (including phenoxy) is 2. The molecular weight excluding hydrogens is 232 g/mol. The second-order valence-electron chi connectivity index (χ2n) is 5.16. The minimum absolute atomic E-state index is 0.0120. The molecule has 108 valence electrons. The van der Waals surface area contributed by atoms with Crippen LogP contribution in [0.2, 0.25) is 0 Å². The zero-order chi connectivity index (χ0) is 14.0. The summed E-state index contributed by atoms with van der Waals surface area (Å²) < 4.78 is 11.2. The van der Waals surface area contributed by atoms with Crippen molar-refractivity contribution in [1.29, 1.82) is 0 Å². The molecule has 5 nitrogen and oxygen atoms in total. The molecule has 0 atom stereocenters. The first-order chi connectivity index (χ1) is 8.37. The van der Waals surface area contributed by atoms with Gasteiger partial charge in [0.15, 0.2) is 0 Å². The van der Waals surface area contributed by atoms with Gasteiger partial charge in [0.25, 0.3) is 0 Å². The van der Waals surface area contributed by atoms with Gasteiger partial charge in [-0.2, -0.15) is 0 Å². The summed E-state index contributed by atoms with van der Waals surface area (Å²) in [4.78, 5) is 11.2. The van der Waals surface area contributed by atoms with Gasteiger partial charge in [-0.1, -0.05) is 0 Å². The molecule has 0 fully saturated rings. The standard InChI is InChI=1S/C13H28N2O3/c1-11(2)17-8-6-13(3,4)18-9-7-15-12(16)10-14-5/h11,14H,6-10H2,1-5H3,(H,15,16). The van der Waals surface area contributed by atoms with Crippen LogP contribution in [0.3, 0.4) is 0 Å². The molecule has 0 saturated heterocycles. The van der Waals surface area contributed by atoms with Crippen molar-refractivity contribution in [3.05, 3.63) is 0 Å². The van der Waals surface area contributed by atoms with Crippen LogP contribution in [0.15, 0.2) is 0 Å². The molecular formula is C13H28N2O3. The number of amides is 1. The third kappa shape index (κ3) is 10.5.